The van der Waals surface area contributed by atoms with Gasteiger partial charge in [0, 0.05) is 83.5 Å². The molecule has 6 nitrogen and oxygen atoms in total. The number of ketones is 1. The minimum atomic E-state index is 0.133. The third-order valence-electron chi connectivity index (χ3n) is 12.6. The number of hydrogen-bond acceptors (Lipinski definition) is 5. The SMILES string of the molecule is O=C(CCCc1ccc(O)cc1)C1CCN(Cc2ccccc2-c2c3ccc(=[N+]4CCc5ccccc54)cc-3oc3cc(N4CCc5ccccc54)ccc23)CC1. The number of hydrogen-bond donors (Lipinski definition) is 1. The Kier molecular flexibility index (Phi) is 9.43. The standard InChI is InChI=1S/C51H47N3O3/c55-42-20-16-35(17-21-42)8-7-15-48(56)38-24-28-52(29-25-38)34-39-11-1-4-12-43(39)51-44-22-18-40(53-30-26-36-9-2-5-13-46(36)53)32-49(44)57-50-33-41(19-23-45(50)51)54-31-27-37-10-3-6-14-47(37)54/h1-6,9-14,16-23,32-33,38H,7-8,15,24-31,34H2/p+1. The van der Waals surface area contributed by atoms with Gasteiger partial charge in [0.1, 0.15) is 22.9 Å². The first-order chi connectivity index (χ1) is 28.1. The van der Waals surface area contributed by atoms with Gasteiger partial charge in [-0.1, -0.05) is 72.8 Å². The zero-order valence-corrected chi connectivity index (χ0v) is 32.4. The molecule has 57 heavy (non-hydrogen) atoms. The van der Waals surface area contributed by atoms with Crippen LogP contribution in [0.2, 0.25) is 0 Å². The van der Waals surface area contributed by atoms with Crippen molar-refractivity contribution in [3.05, 3.63) is 161 Å². The maximum absolute atomic E-state index is 13.3. The topological polar surface area (TPSA) is 59.9 Å². The summed E-state index contributed by atoms with van der Waals surface area (Å²) in [5, 5.41) is 11.8. The number of fused-ring (bicyclic) bond motifs is 4. The predicted molar refractivity (Wildman–Crippen MR) is 229 cm³/mol. The van der Waals surface area contributed by atoms with E-state index < -0.39 is 0 Å². The summed E-state index contributed by atoms with van der Waals surface area (Å²) in [6.45, 7) is 4.56. The van der Waals surface area contributed by atoms with Crippen molar-refractivity contribution in [2.75, 3.05) is 31.1 Å². The number of aromatic hydroxyl groups is 1. The molecule has 0 unspecified atom stereocenters. The van der Waals surface area contributed by atoms with Crippen molar-refractivity contribution in [2.45, 2.75) is 51.5 Å². The molecule has 0 spiro atoms. The highest BCUT2D eigenvalue weighted by molar-refractivity contribution is 6.03. The first-order valence-electron chi connectivity index (χ1n) is 20.7. The quantitative estimate of drug-likeness (QED) is 0.118. The molecule has 5 aromatic rings. The minimum Gasteiger partial charge on any atom is -0.508 e. The Balaban J connectivity index is 0.969. The summed E-state index contributed by atoms with van der Waals surface area (Å²) in [4.78, 5) is 18.2. The zero-order chi connectivity index (χ0) is 38.3. The van der Waals surface area contributed by atoms with E-state index in [1.807, 2.05) is 12.1 Å². The highest BCUT2D eigenvalue weighted by atomic mass is 16.3. The zero-order valence-electron chi connectivity index (χ0n) is 32.4. The molecule has 4 heterocycles. The van der Waals surface area contributed by atoms with Crippen molar-refractivity contribution in [1.82, 2.24) is 9.48 Å². The van der Waals surface area contributed by atoms with Crippen LogP contribution < -0.4 is 14.8 Å². The fourth-order valence-corrected chi connectivity index (χ4v) is 9.60. The third kappa shape index (κ3) is 6.93. The Morgan fingerprint density at radius 1 is 0.754 bits per heavy atom. The number of phenolic OH excluding ortho intramolecular Hbond substituents is 1. The second-order valence-electron chi connectivity index (χ2n) is 16.1. The molecule has 5 aliphatic rings. The number of likely N-dealkylation sites (tertiary alicyclic amines) is 1. The van der Waals surface area contributed by atoms with E-state index in [-0.39, 0.29) is 11.7 Å². The van der Waals surface area contributed by atoms with Crippen LogP contribution in [-0.4, -0.2) is 42.0 Å². The lowest BCUT2D eigenvalue weighted by molar-refractivity contribution is -0.124. The number of nitrogens with zero attached hydrogens (tertiary/aromatic N) is 3. The number of aryl methyl sites for hydroxylation is 1. The summed E-state index contributed by atoms with van der Waals surface area (Å²) in [5.41, 5.74) is 13.4. The van der Waals surface area contributed by atoms with Crippen molar-refractivity contribution in [2.24, 2.45) is 5.92 Å². The number of anilines is 2. The minimum absolute atomic E-state index is 0.133. The molecule has 1 fully saturated rings. The number of carbonyl (C=O) groups excluding carboxylic acids is 1. The summed E-state index contributed by atoms with van der Waals surface area (Å²) in [6, 6.07) is 47.2. The number of rotatable bonds is 9. The van der Waals surface area contributed by atoms with E-state index in [2.05, 4.69) is 124 Å². The monoisotopic (exact) mass is 750 g/mol. The molecule has 284 valence electrons. The average Bonchev–Trinajstić information content (AvgIpc) is 3.89. The number of phenols is 1. The van der Waals surface area contributed by atoms with Gasteiger partial charge in [-0.25, -0.2) is 0 Å². The van der Waals surface area contributed by atoms with Crippen LogP contribution in [0.4, 0.5) is 17.1 Å². The second-order valence-corrected chi connectivity index (χ2v) is 16.1. The first-order valence-corrected chi connectivity index (χ1v) is 20.7. The number of piperidine rings is 1. The molecule has 1 saturated heterocycles. The Morgan fingerprint density at radius 2 is 1.54 bits per heavy atom. The average molecular weight is 751 g/mol. The summed E-state index contributed by atoms with van der Waals surface area (Å²) in [7, 11) is 0. The summed E-state index contributed by atoms with van der Waals surface area (Å²) >= 11 is 0. The van der Waals surface area contributed by atoms with Crippen LogP contribution >= 0.6 is 0 Å². The van der Waals surface area contributed by atoms with Gasteiger partial charge in [0.05, 0.1) is 6.07 Å². The normalized spacial score (nSPS) is 16.7. The maximum atomic E-state index is 13.3. The Bertz CT molecular complexity index is 2650. The molecular formula is C51H48N3O3+. The largest absolute Gasteiger partial charge is 0.508 e. The molecule has 1 N–H and O–H groups in total. The predicted octanol–water partition coefficient (Wildman–Crippen LogP) is 10.1. The van der Waals surface area contributed by atoms with Crippen LogP contribution in [0.15, 0.2) is 138 Å². The van der Waals surface area contributed by atoms with Crippen molar-refractivity contribution in [1.29, 1.82) is 0 Å². The van der Waals surface area contributed by atoms with E-state index in [1.54, 1.807) is 12.1 Å². The lowest BCUT2D eigenvalue weighted by Gasteiger charge is -2.32. The molecule has 0 radical (unpaired) electrons. The van der Waals surface area contributed by atoms with Crippen LogP contribution in [0, 0.1) is 5.92 Å². The van der Waals surface area contributed by atoms with Crippen molar-refractivity contribution in [3.63, 3.8) is 0 Å². The molecule has 0 atom stereocenters. The lowest BCUT2D eigenvalue weighted by atomic mass is 9.88. The smallest absolute Gasteiger partial charge is 0.209 e. The molecule has 0 saturated carbocycles. The highest BCUT2D eigenvalue weighted by Crippen LogP contribution is 2.44. The fraction of sp³-hybridized carbons (Fsp3) is 0.255. The van der Waals surface area contributed by atoms with E-state index in [1.165, 1.54) is 39.2 Å². The molecule has 6 heteroatoms. The van der Waals surface area contributed by atoms with Crippen LogP contribution in [0.25, 0.3) is 33.4 Å². The van der Waals surface area contributed by atoms with E-state index in [0.717, 1.165) is 110 Å². The summed E-state index contributed by atoms with van der Waals surface area (Å²) in [5.74, 6) is 1.70. The summed E-state index contributed by atoms with van der Waals surface area (Å²) < 4.78 is 9.38. The van der Waals surface area contributed by atoms with Gasteiger partial charge in [-0.05, 0) is 104 Å². The van der Waals surface area contributed by atoms with Gasteiger partial charge >= 0.3 is 0 Å². The Labute approximate surface area is 334 Å². The van der Waals surface area contributed by atoms with Crippen molar-refractivity contribution >= 4 is 33.8 Å². The van der Waals surface area contributed by atoms with E-state index >= 15 is 0 Å². The number of carbonyl (C=O) groups is 1. The third-order valence-corrected chi connectivity index (χ3v) is 12.6. The number of para-hydroxylation sites is 2. The molecule has 0 amide bonds. The van der Waals surface area contributed by atoms with Gasteiger partial charge in [0.2, 0.25) is 11.0 Å². The van der Waals surface area contributed by atoms with Gasteiger partial charge in [-0.3, -0.25) is 9.69 Å². The van der Waals surface area contributed by atoms with Crippen LogP contribution in [0.3, 0.4) is 0 Å². The van der Waals surface area contributed by atoms with Gasteiger partial charge in [-0.2, -0.15) is 4.58 Å². The van der Waals surface area contributed by atoms with E-state index in [0.29, 0.717) is 12.2 Å². The van der Waals surface area contributed by atoms with Crippen LogP contribution in [-0.2, 0) is 30.6 Å². The Hall–Kier alpha value is -5.98. The number of benzene rings is 6. The maximum Gasteiger partial charge on any atom is 0.209 e. The van der Waals surface area contributed by atoms with Gasteiger partial charge in [0.25, 0.3) is 0 Å². The molecule has 5 aromatic carbocycles. The van der Waals surface area contributed by atoms with Crippen LogP contribution in [0.1, 0.15) is 47.9 Å². The molecule has 4 aliphatic heterocycles. The molecule has 1 aliphatic carbocycles. The van der Waals surface area contributed by atoms with Gasteiger partial charge in [-0.15, -0.1) is 0 Å². The molecule has 10 rings (SSSR count). The Morgan fingerprint density at radius 3 is 2.42 bits per heavy atom. The highest BCUT2D eigenvalue weighted by Gasteiger charge is 2.28. The van der Waals surface area contributed by atoms with E-state index in [9.17, 15) is 9.90 Å². The summed E-state index contributed by atoms with van der Waals surface area (Å²) in [6.07, 6.45) is 6.21. The van der Waals surface area contributed by atoms with Crippen molar-refractivity contribution in [3.8, 4) is 28.2 Å². The molecular weight excluding hydrogens is 703 g/mol. The second kappa shape index (κ2) is 15.2. The van der Waals surface area contributed by atoms with Gasteiger partial charge in [0.15, 0.2) is 6.54 Å². The van der Waals surface area contributed by atoms with Crippen molar-refractivity contribution < 1.29 is 14.3 Å². The number of Topliss-reactive ketones (excluding diaryl/α,β-unsaturated/α-hetero) is 1. The van der Waals surface area contributed by atoms with Crippen LogP contribution in [0.5, 0.6) is 5.75 Å². The lowest BCUT2D eigenvalue weighted by Crippen LogP contribution is -2.36. The molecule has 0 bridgehead atoms. The van der Waals surface area contributed by atoms with Gasteiger partial charge < -0.3 is 14.4 Å². The fourth-order valence-electron chi connectivity index (χ4n) is 9.60. The molecule has 0 aromatic heterocycles. The first kappa shape index (κ1) is 35.4. The van der Waals surface area contributed by atoms with E-state index in [4.69, 9.17) is 4.42 Å².